The van der Waals surface area contributed by atoms with E-state index < -0.39 is 5.63 Å². The van der Waals surface area contributed by atoms with E-state index >= 15 is 0 Å². The summed E-state index contributed by atoms with van der Waals surface area (Å²) in [5, 5.41) is 9.81. The van der Waals surface area contributed by atoms with Gasteiger partial charge in [0.15, 0.2) is 22.8 Å². The van der Waals surface area contributed by atoms with Crippen molar-refractivity contribution in [3.05, 3.63) is 64.5 Å². The molecule has 5 heteroatoms. The maximum atomic E-state index is 11.7. The molecule has 0 bridgehead atoms. The second-order valence-electron chi connectivity index (χ2n) is 3.86. The first kappa shape index (κ1) is 11.3. The molecule has 2 aromatic heterocycles. The Balaban J connectivity index is 2.13. The van der Waals surface area contributed by atoms with E-state index in [9.17, 15) is 9.90 Å². The molecule has 0 aliphatic rings. The summed E-state index contributed by atoms with van der Waals surface area (Å²) in [6.45, 7) is 0. The molecule has 5 nitrogen and oxygen atoms in total. The fraction of sp³-hybridized carbons (Fsp3) is 0. The molecule has 0 amide bonds. The monoisotopic (exact) mass is 255 g/mol. The average molecular weight is 255 g/mol. The van der Waals surface area contributed by atoms with Crippen LogP contribution in [0.3, 0.4) is 0 Å². The number of fused-ring (bicyclic) bond motifs is 1. The molecule has 1 aromatic carbocycles. The third-order valence-corrected chi connectivity index (χ3v) is 2.57. The molecule has 94 valence electrons. The smallest absolute Gasteiger partial charge is 0.362 e. The van der Waals surface area contributed by atoms with Crippen LogP contribution in [0.2, 0.25) is 0 Å². The number of nitrogens with zero attached hydrogens (tertiary/aromatic N) is 1. The topological polar surface area (TPSA) is 76.5 Å². The van der Waals surface area contributed by atoms with Gasteiger partial charge in [-0.1, -0.05) is 12.1 Å². The van der Waals surface area contributed by atoms with Crippen molar-refractivity contribution >= 4 is 22.9 Å². The number of aromatic nitrogens is 1. The van der Waals surface area contributed by atoms with Crippen LogP contribution >= 0.6 is 0 Å². The molecule has 0 atom stereocenters. The summed E-state index contributed by atoms with van der Waals surface area (Å²) >= 11 is 0. The fourth-order valence-corrected chi connectivity index (χ4v) is 1.68. The van der Waals surface area contributed by atoms with Crippen molar-refractivity contribution in [2.75, 3.05) is 0 Å². The van der Waals surface area contributed by atoms with E-state index in [0.717, 1.165) is 0 Å². The van der Waals surface area contributed by atoms with E-state index in [2.05, 4.69) is 4.98 Å². The van der Waals surface area contributed by atoms with Crippen molar-refractivity contribution in [1.82, 2.24) is 4.98 Å². The van der Waals surface area contributed by atoms with Gasteiger partial charge in [-0.15, -0.1) is 0 Å². The highest BCUT2D eigenvalue weighted by Crippen LogP contribution is 2.15. The van der Waals surface area contributed by atoms with Crippen LogP contribution in [-0.4, -0.2) is 10.1 Å². The van der Waals surface area contributed by atoms with Gasteiger partial charge in [0.2, 0.25) is 0 Å². The van der Waals surface area contributed by atoms with Crippen molar-refractivity contribution in [3.63, 3.8) is 0 Å². The lowest BCUT2D eigenvalue weighted by atomic mass is 10.3. The third kappa shape index (κ3) is 2.13. The minimum absolute atomic E-state index is 0.0209. The molecule has 0 radical (unpaired) electrons. The fourth-order valence-electron chi connectivity index (χ4n) is 1.68. The largest absolute Gasteiger partial charge is 0.504 e. The van der Waals surface area contributed by atoms with Gasteiger partial charge in [-0.25, -0.2) is 9.78 Å². The summed E-state index contributed by atoms with van der Waals surface area (Å²) in [6.07, 6.45) is 2.65. The highest BCUT2D eigenvalue weighted by Gasteiger charge is 2.08. The number of aliphatic hydroxyl groups excluding tert-OH is 1. The van der Waals surface area contributed by atoms with Gasteiger partial charge >= 0.3 is 5.63 Å². The van der Waals surface area contributed by atoms with E-state index in [0.29, 0.717) is 11.1 Å². The first-order chi connectivity index (χ1) is 9.24. The third-order valence-electron chi connectivity index (χ3n) is 2.57. The summed E-state index contributed by atoms with van der Waals surface area (Å²) in [5.74, 6) is 0.0782. The van der Waals surface area contributed by atoms with Crippen molar-refractivity contribution in [2.24, 2.45) is 0 Å². The Labute approximate surface area is 107 Å². The second-order valence-corrected chi connectivity index (χ2v) is 3.86. The Bertz CT molecular complexity index is 800. The number of hydrogen-bond acceptors (Lipinski definition) is 5. The predicted octanol–water partition coefficient (Wildman–Crippen LogP) is 2.84. The molecule has 3 rings (SSSR count). The summed E-state index contributed by atoms with van der Waals surface area (Å²) in [7, 11) is 0. The number of benzene rings is 1. The van der Waals surface area contributed by atoms with Crippen LogP contribution in [0.4, 0.5) is 0 Å². The van der Waals surface area contributed by atoms with Gasteiger partial charge in [0.25, 0.3) is 0 Å². The zero-order valence-corrected chi connectivity index (χ0v) is 9.74. The molecule has 0 saturated carbocycles. The predicted molar refractivity (Wildman–Crippen MR) is 69.5 cm³/mol. The van der Waals surface area contributed by atoms with Gasteiger partial charge in [0, 0.05) is 6.08 Å². The first-order valence-electron chi connectivity index (χ1n) is 5.58. The molecule has 0 aliphatic heterocycles. The van der Waals surface area contributed by atoms with Crippen molar-refractivity contribution in [1.29, 1.82) is 0 Å². The molecule has 0 aliphatic carbocycles. The molecule has 0 spiro atoms. The van der Waals surface area contributed by atoms with Gasteiger partial charge in [-0.05, 0) is 24.3 Å². The van der Waals surface area contributed by atoms with Gasteiger partial charge in [0.1, 0.15) is 5.52 Å². The van der Waals surface area contributed by atoms with E-state index in [1.54, 1.807) is 36.4 Å². The van der Waals surface area contributed by atoms with Crippen LogP contribution in [-0.2, 0) is 0 Å². The van der Waals surface area contributed by atoms with Crippen molar-refractivity contribution in [2.45, 2.75) is 0 Å². The zero-order chi connectivity index (χ0) is 13.2. The zero-order valence-electron chi connectivity index (χ0n) is 9.74. The molecule has 1 N–H and O–H groups in total. The van der Waals surface area contributed by atoms with Crippen LogP contribution in [0.15, 0.2) is 56.3 Å². The standard InChI is InChI=1S/C14H9NO4/c16-11(13-6-3-7-18-13)8-10-14(17)19-12-5-2-1-4-9(12)15-10/h1-8,16H/b11-8-. The van der Waals surface area contributed by atoms with Gasteiger partial charge < -0.3 is 13.9 Å². The summed E-state index contributed by atoms with van der Waals surface area (Å²) < 4.78 is 10.1. The van der Waals surface area contributed by atoms with Crippen LogP contribution in [0, 0.1) is 0 Å². The SMILES string of the molecule is O=c1oc2ccccc2nc1/C=C(\O)c1ccco1. The van der Waals surface area contributed by atoms with Gasteiger partial charge in [-0.2, -0.15) is 0 Å². The van der Waals surface area contributed by atoms with Crippen molar-refractivity contribution in [3.8, 4) is 0 Å². The lowest BCUT2D eigenvalue weighted by molar-refractivity contribution is 0.461. The average Bonchev–Trinajstić information content (AvgIpc) is 2.93. The Morgan fingerprint density at radius 3 is 2.84 bits per heavy atom. The lowest BCUT2D eigenvalue weighted by Gasteiger charge is -1.98. The van der Waals surface area contributed by atoms with E-state index in [-0.39, 0.29) is 17.2 Å². The van der Waals surface area contributed by atoms with E-state index in [4.69, 9.17) is 8.83 Å². The minimum Gasteiger partial charge on any atom is -0.504 e. The Kier molecular flexibility index (Phi) is 2.64. The second kappa shape index (κ2) is 4.45. The number of hydrogen-bond donors (Lipinski definition) is 1. The summed E-state index contributed by atoms with van der Waals surface area (Å²) in [4.78, 5) is 15.9. The van der Waals surface area contributed by atoms with E-state index in [1.807, 2.05) is 0 Å². The lowest BCUT2D eigenvalue weighted by Crippen LogP contribution is -2.06. The molecule has 3 aromatic rings. The minimum atomic E-state index is -0.614. The van der Waals surface area contributed by atoms with Crippen LogP contribution < -0.4 is 5.63 Å². The van der Waals surface area contributed by atoms with E-state index in [1.165, 1.54) is 12.3 Å². The highest BCUT2D eigenvalue weighted by atomic mass is 16.4. The molecule has 0 saturated heterocycles. The first-order valence-corrected chi connectivity index (χ1v) is 5.58. The number of rotatable bonds is 2. The Hall–Kier alpha value is -2.82. The van der Waals surface area contributed by atoms with Crippen LogP contribution in [0.1, 0.15) is 11.5 Å². The number of furan rings is 1. The molecular weight excluding hydrogens is 246 g/mol. The Morgan fingerprint density at radius 2 is 2.05 bits per heavy atom. The number of para-hydroxylation sites is 2. The van der Waals surface area contributed by atoms with Crippen molar-refractivity contribution < 1.29 is 13.9 Å². The summed E-state index contributed by atoms with van der Waals surface area (Å²) in [6, 6.07) is 10.1. The Morgan fingerprint density at radius 1 is 1.21 bits per heavy atom. The molecule has 2 heterocycles. The highest BCUT2D eigenvalue weighted by molar-refractivity contribution is 5.76. The van der Waals surface area contributed by atoms with Gasteiger partial charge in [-0.3, -0.25) is 0 Å². The molecule has 0 fully saturated rings. The van der Waals surface area contributed by atoms with Crippen LogP contribution in [0.25, 0.3) is 22.9 Å². The van der Waals surface area contributed by atoms with Gasteiger partial charge in [0.05, 0.1) is 6.26 Å². The normalized spacial score (nSPS) is 11.9. The maximum Gasteiger partial charge on any atom is 0.362 e. The number of aliphatic hydroxyl groups is 1. The quantitative estimate of drug-likeness (QED) is 0.712. The molecule has 0 unspecified atom stereocenters. The maximum absolute atomic E-state index is 11.7. The molecule has 19 heavy (non-hydrogen) atoms. The molecular formula is C14H9NO4. The van der Waals surface area contributed by atoms with Crippen LogP contribution in [0.5, 0.6) is 0 Å². The summed E-state index contributed by atoms with van der Waals surface area (Å²) in [5.41, 5.74) is 0.354.